The standard InChI is InChI=1S/C44H41N5O7/c1-26-16-36-38(45-22-33-18-31(25-48(33)43(36)51)29-8-12-35(53-3)13-9-29)20-40(26)55-14-5-15-56-42-21-39-37(19-41(42)54-4)44(52)49-24-30(17-34(49)23-46-39)28-6-10-32(11-7-28)47-27(2)50/h6-13,16,19-25,33-34H,5,14-15,17-18H2,1-4H3,(H,47,50)/t33-,34-/m0/s1. The number of aryl methyl sites for hydroxylation is 1. The number of rotatable bonds is 11. The number of anilines is 1. The van der Waals surface area contributed by atoms with Crippen molar-refractivity contribution in [2.45, 2.75) is 45.2 Å². The molecule has 1 N–H and O–H groups in total. The summed E-state index contributed by atoms with van der Waals surface area (Å²) >= 11 is 0. The minimum atomic E-state index is -0.236. The largest absolute Gasteiger partial charge is 0.497 e. The summed E-state index contributed by atoms with van der Waals surface area (Å²) in [4.78, 5) is 51.8. The predicted octanol–water partition coefficient (Wildman–Crippen LogP) is 7.76. The third kappa shape index (κ3) is 7.13. The van der Waals surface area contributed by atoms with Crippen LogP contribution >= 0.6 is 0 Å². The number of nitrogens with zero attached hydrogens (tertiary/aromatic N) is 4. The van der Waals surface area contributed by atoms with E-state index in [0.717, 1.165) is 33.6 Å². The lowest BCUT2D eigenvalue weighted by atomic mass is 10.0. The normalized spacial score (nSPS) is 17.9. The fraction of sp³-hybridized carbons (Fsp3) is 0.250. The molecule has 0 aromatic heterocycles. The first-order chi connectivity index (χ1) is 27.2. The van der Waals surface area contributed by atoms with Crippen molar-refractivity contribution >= 4 is 58.4 Å². The fourth-order valence-corrected chi connectivity index (χ4v) is 7.35. The number of carbonyl (C=O) groups is 3. The highest BCUT2D eigenvalue weighted by Gasteiger charge is 2.35. The van der Waals surface area contributed by atoms with Crippen LogP contribution in [0.15, 0.2) is 95.2 Å². The summed E-state index contributed by atoms with van der Waals surface area (Å²) in [7, 11) is 3.18. The molecule has 4 aromatic rings. The fourth-order valence-electron chi connectivity index (χ4n) is 7.35. The average Bonchev–Trinajstić information content (AvgIpc) is 3.78. The molecular formula is C44H41N5O7. The summed E-state index contributed by atoms with van der Waals surface area (Å²) in [6.45, 7) is 4.09. The zero-order valence-corrected chi connectivity index (χ0v) is 31.6. The molecule has 0 unspecified atom stereocenters. The summed E-state index contributed by atoms with van der Waals surface area (Å²) in [5.74, 6) is 1.94. The molecule has 0 radical (unpaired) electrons. The summed E-state index contributed by atoms with van der Waals surface area (Å²) < 4.78 is 23.2. The Hall–Kier alpha value is -6.69. The molecular weight excluding hydrogens is 711 g/mol. The van der Waals surface area contributed by atoms with Crippen molar-refractivity contribution in [3.8, 4) is 23.0 Å². The van der Waals surface area contributed by atoms with E-state index in [2.05, 4.69) is 5.32 Å². The number of ether oxygens (including phenoxy) is 4. The summed E-state index contributed by atoms with van der Waals surface area (Å²) in [6.07, 6.45) is 9.27. The van der Waals surface area contributed by atoms with E-state index in [9.17, 15) is 14.4 Å². The van der Waals surface area contributed by atoms with Crippen LogP contribution in [-0.2, 0) is 4.79 Å². The first-order valence-corrected chi connectivity index (χ1v) is 18.5. The van der Waals surface area contributed by atoms with Gasteiger partial charge in [0.15, 0.2) is 11.5 Å². The second kappa shape index (κ2) is 15.2. The van der Waals surface area contributed by atoms with Gasteiger partial charge in [0.1, 0.15) is 11.5 Å². The number of hydrogen-bond acceptors (Lipinski definition) is 9. The van der Waals surface area contributed by atoms with E-state index in [-0.39, 0.29) is 29.8 Å². The highest BCUT2D eigenvalue weighted by atomic mass is 16.5. The first kappa shape index (κ1) is 36.3. The van der Waals surface area contributed by atoms with Gasteiger partial charge in [-0.15, -0.1) is 0 Å². The van der Waals surface area contributed by atoms with Crippen LogP contribution in [0.1, 0.15) is 63.6 Å². The molecule has 0 aliphatic carbocycles. The Morgan fingerprint density at radius 3 is 1.80 bits per heavy atom. The van der Waals surface area contributed by atoms with Crippen molar-refractivity contribution in [1.29, 1.82) is 0 Å². The molecule has 0 saturated carbocycles. The van der Waals surface area contributed by atoms with Gasteiger partial charge in [-0.3, -0.25) is 24.4 Å². The number of nitrogens with one attached hydrogen (secondary N) is 1. The van der Waals surface area contributed by atoms with E-state index in [4.69, 9.17) is 28.9 Å². The zero-order valence-electron chi connectivity index (χ0n) is 31.6. The van der Waals surface area contributed by atoms with Crippen LogP contribution in [0.3, 0.4) is 0 Å². The lowest BCUT2D eigenvalue weighted by molar-refractivity contribution is -0.114. The molecule has 4 aliphatic rings. The first-order valence-electron chi connectivity index (χ1n) is 18.5. The number of benzene rings is 4. The lowest BCUT2D eigenvalue weighted by Crippen LogP contribution is -2.32. The molecule has 0 spiro atoms. The Balaban J connectivity index is 0.887. The van der Waals surface area contributed by atoms with Gasteiger partial charge in [0, 0.05) is 68.8 Å². The topological polar surface area (TPSA) is 131 Å². The summed E-state index contributed by atoms with van der Waals surface area (Å²) in [5, 5.41) is 2.77. The van der Waals surface area contributed by atoms with Crippen LogP contribution < -0.4 is 24.3 Å². The van der Waals surface area contributed by atoms with E-state index < -0.39 is 0 Å². The number of amides is 3. The Labute approximate surface area is 324 Å². The third-order valence-corrected chi connectivity index (χ3v) is 10.3. The van der Waals surface area contributed by atoms with Crippen molar-refractivity contribution in [2.75, 3.05) is 32.8 Å². The number of carbonyl (C=O) groups excluding carboxylic acids is 3. The van der Waals surface area contributed by atoms with Gasteiger partial charge >= 0.3 is 0 Å². The average molecular weight is 752 g/mol. The molecule has 3 amide bonds. The third-order valence-electron chi connectivity index (χ3n) is 10.3. The summed E-state index contributed by atoms with van der Waals surface area (Å²) in [5.41, 5.74) is 7.68. The van der Waals surface area contributed by atoms with Gasteiger partial charge in [-0.25, -0.2) is 0 Å². The maximum atomic E-state index is 13.8. The molecule has 4 aromatic carbocycles. The molecule has 56 heavy (non-hydrogen) atoms. The van der Waals surface area contributed by atoms with Gasteiger partial charge in [0.05, 0.1) is 62.0 Å². The molecule has 284 valence electrons. The van der Waals surface area contributed by atoms with Crippen LogP contribution in [0.25, 0.3) is 11.1 Å². The minimum absolute atomic E-state index is 0.0946. The number of methoxy groups -OCH3 is 2. The van der Waals surface area contributed by atoms with Gasteiger partial charge in [0.2, 0.25) is 5.91 Å². The van der Waals surface area contributed by atoms with Crippen molar-refractivity contribution < 1.29 is 33.3 Å². The van der Waals surface area contributed by atoms with Gasteiger partial charge in [0.25, 0.3) is 11.8 Å². The van der Waals surface area contributed by atoms with Gasteiger partial charge in [-0.2, -0.15) is 0 Å². The van der Waals surface area contributed by atoms with E-state index in [1.807, 2.05) is 86.2 Å². The minimum Gasteiger partial charge on any atom is -0.497 e. The van der Waals surface area contributed by atoms with Crippen LogP contribution in [0.4, 0.5) is 17.1 Å². The Bertz CT molecular complexity index is 2350. The lowest BCUT2D eigenvalue weighted by Gasteiger charge is -2.19. The smallest absolute Gasteiger partial charge is 0.260 e. The molecule has 0 bridgehead atoms. The highest BCUT2D eigenvalue weighted by molar-refractivity contribution is 6.06. The Morgan fingerprint density at radius 1 is 0.714 bits per heavy atom. The Morgan fingerprint density at radius 2 is 1.25 bits per heavy atom. The van der Waals surface area contributed by atoms with Gasteiger partial charge in [-0.1, -0.05) is 24.3 Å². The van der Waals surface area contributed by atoms with Crippen molar-refractivity contribution in [3.63, 3.8) is 0 Å². The molecule has 4 heterocycles. The van der Waals surface area contributed by atoms with Crippen LogP contribution in [0, 0.1) is 6.92 Å². The molecule has 2 atom stereocenters. The molecule has 8 rings (SSSR count). The Kier molecular flexibility index (Phi) is 9.86. The van der Waals surface area contributed by atoms with E-state index >= 15 is 0 Å². The number of fused-ring (bicyclic) bond motifs is 4. The second-order valence-electron chi connectivity index (χ2n) is 14.0. The number of aliphatic imine (C=N–C) groups is 2. The van der Waals surface area contributed by atoms with Crippen molar-refractivity contribution in [1.82, 2.24) is 9.80 Å². The van der Waals surface area contributed by atoms with Crippen molar-refractivity contribution in [3.05, 3.63) is 113 Å². The quantitative estimate of drug-likeness (QED) is 0.155. The second-order valence-corrected chi connectivity index (χ2v) is 14.0. The summed E-state index contributed by atoms with van der Waals surface area (Å²) in [6, 6.07) is 22.1. The van der Waals surface area contributed by atoms with Crippen LogP contribution in [0.5, 0.6) is 23.0 Å². The van der Waals surface area contributed by atoms with E-state index in [1.165, 1.54) is 14.0 Å². The molecule has 12 heteroatoms. The highest BCUT2D eigenvalue weighted by Crippen LogP contribution is 2.41. The van der Waals surface area contributed by atoms with Gasteiger partial charge < -0.3 is 34.1 Å². The molecule has 12 nitrogen and oxygen atoms in total. The van der Waals surface area contributed by atoms with Crippen LogP contribution in [-0.4, -0.2) is 79.5 Å². The maximum Gasteiger partial charge on any atom is 0.260 e. The number of hydrogen-bond donors (Lipinski definition) is 1. The SMILES string of the molecule is COc1ccc(C2=CN3C(=O)c4cc(C)c(OCCCOc5cc6c(cc5OC)C(=O)N5C=C(c7ccc(NC(C)=O)cc7)C[C@H]5C=N6)cc4N=C[C@@H]3C2)cc1. The van der Waals surface area contributed by atoms with E-state index in [1.54, 1.807) is 35.3 Å². The van der Waals surface area contributed by atoms with Crippen molar-refractivity contribution in [2.24, 2.45) is 9.98 Å². The maximum absolute atomic E-state index is 13.8. The zero-order chi connectivity index (χ0) is 38.9. The molecule has 0 saturated heterocycles. The molecule has 0 fully saturated rings. The monoisotopic (exact) mass is 751 g/mol. The van der Waals surface area contributed by atoms with E-state index in [0.29, 0.717) is 77.9 Å². The molecule has 4 aliphatic heterocycles. The predicted molar refractivity (Wildman–Crippen MR) is 215 cm³/mol. The van der Waals surface area contributed by atoms with Crippen LogP contribution in [0.2, 0.25) is 0 Å². The van der Waals surface area contributed by atoms with Gasteiger partial charge in [-0.05, 0) is 71.2 Å².